The van der Waals surface area contributed by atoms with Crippen molar-refractivity contribution in [3.8, 4) is 0 Å². The molecule has 2 aromatic heterocycles. The van der Waals surface area contributed by atoms with Crippen molar-refractivity contribution < 1.29 is 0 Å². The number of hydrogen-bond donors (Lipinski definition) is 1. The molecule has 1 unspecified atom stereocenters. The van der Waals surface area contributed by atoms with Gasteiger partial charge in [-0.1, -0.05) is 12.1 Å². The number of rotatable bonds is 6. The standard InChI is InChI=1S/C20H28N4/c1-16-6-3-10-22-19(16)14-24(13-18-8-5-9-21-12-18)15-20-17(2)7-4-11-23-20/h3-4,6-7,10-11,18,21H,5,8-9,12-15H2,1-2H3. The first-order valence-electron chi connectivity index (χ1n) is 8.96. The van der Waals surface area contributed by atoms with Gasteiger partial charge in [-0.3, -0.25) is 14.9 Å². The van der Waals surface area contributed by atoms with Crippen molar-refractivity contribution in [2.75, 3.05) is 19.6 Å². The van der Waals surface area contributed by atoms with Crippen LogP contribution in [0, 0.1) is 19.8 Å². The third-order valence-corrected chi connectivity index (χ3v) is 4.90. The van der Waals surface area contributed by atoms with Crippen LogP contribution in [0.2, 0.25) is 0 Å². The fourth-order valence-corrected chi connectivity index (χ4v) is 3.42. The largest absolute Gasteiger partial charge is 0.316 e. The monoisotopic (exact) mass is 324 g/mol. The van der Waals surface area contributed by atoms with Crippen LogP contribution in [0.25, 0.3) is 0 Å². The summed E-state index contributed by atoms with van der Waals surface area (Å²) in [5.41, 5.74) is 4.88. The van der Waals surface area contributed by atoms with Crippen LogP contribution in [0.1, 0.15) is 35.4 Å². The first-order chi connectivity index (χ1) is 11.7. The Bertz CT molecular complexity index is 602. The predicted octanol–water partition coefficient (Wildman–Crippen LogP) is 3.10. The zero-order valence-corrected chi connectivity index (χ0v) is 14.8. The van der Waals surface area contributed by atoms with E-state index in [4.69, 9.17) is 0 Å². The van der Waals surface area contributed by atoms with Crippen molar-refractivity contribution in [2.45, 2.75) is 39.8 Å². The lowest BCUT2D eigenvalue weighted by atomic mass is 9.98. The quantitative estimate of drug-likeness (QED) is 0.886. The lowest BCUT2D eigenvalue weighted by Crippen LogP contribution is -2.38. The summed E-state index contributed by atoms with van der Waals surface area (Å²) in [6.07, 6.45) is 6.39. The van der Waals surface area contributed by atoms with Crippen LogP contribution in [0.3, 0.4) is 0 Å². The molecule has 0 radical (unpaired) electrons. The summed E-state index contributed by atoms with van der Waals surface area (Å²) >= 11 is 0. The van der Waals surface area contributed by atoms with Crippen LogP contribution < -0.4 is 5.32 Å². The molecule has 128 valence electrons. The SMILES string of the molecule is Cc1cccnc1CN(Cc1ncccc1C)CC1CCCNC1. The summed E-state index contributed by atoms with van der Waals surface area (Å²) < 4.78 is 0. The number of aryl methyl sites for hydroxylation is 2. The Morgan fingerprint density at radius 1 is 1.04 bits per heavy atom. The van der Waals surface area contributed by atoms with Crippen LogP contribution in [0.5, 0.6) is 0 Å². The number of nitrogens with one attached hydrogen (secondary N) is 1. The second kappa shape index (κ2) is 8.36. The van der Waals surface area contributed by atoms with E-state index in [1.54, 1.807) is 0 Å². The average molecular weight is 324 g/mol. The summed E-state index contributed by atoms with van der Waals surface area (Å²) in [6, 6.07) is 8.32. The molecule has 4 nitrogen and oxygen atoms in total. The van der Waals surface area contributed by atoms with Gasteiger partial charge in [0.25, 0.3) is 0 Å². The highest BCUT2D eigenvalue weighted by Gasteiger charge is 2.19. The highest BCUT2D eigenvalue weighted by molar-refractivity contribution is 5.19. The van der Waals surface area contributed by atoms with Crippen molar-refractivity contribution in [3.05, 3.63) is 59.2 Å². The van der Waals surface area contributed by atoms with Crippen molar-refractivity contribution in [1.82, 2.24) is 20.2 Å². The predicted molar refractivity (Wildman–Crippen MR) is 97.7 cm³/mol. The summed E-state index contributed by atoms with van der Waals surface area (Å²) in [5, 5.41) is 3.53. The van der Waals surface area contributed by atoms with E-state index in [1.807, 2.05) is 24.5 Å². The molecule has 3 rings (SSSR count). The Morgan fingerprint density at radius 2 is 1.67 bits per heavy atom. The second-order valence-electron chi connectivity index (χ2n) is 6.92. The molecule has 4 heteroatoms. The zero-order chi connectivity index (χ0) is 16.8. The van der Waals surface area contributed by atoms with Gasteiger partial charge in [0.1, 0.15) is 0 Å². The molecule has 24 heavy (non-hydrogen) atoms. The number of pyridine rings is 2. The highest BCUT2D eigenvalue weighted by Crippen LogP contribution is 2.17. The van der Waals surface area contributed by atoms with Gasteiger partial charge in [-0.05, 0) is 69.0 Å². The third kappa shape index (κ3) is 4.62. The Morgan fingerprint density at radius 3 is 2.17 bits per heavy atom. The lowest BCUT2D eigenvalue weighted by molar-refractivity contribution is 0.189. The molecule has 1 aliphatic heterocycles. The van der Waals surface area contributed by atoms with E-state index in [0.717, 1.165) is 32.7 Å². The summed E-state index contributed by atoms with van der Waals surface area (Å²) in [4.78, 5) is 11.7. The van der Waals surface area contributed by atoms with Gasteiger partial charge < -0.3 is 5.32 Å². The van der Waals surface area contributed by atoms with Crippen molar-refractivity contribution >= 4 is 0 Å². The van der Waals surface area contributed by atoms with Gasteiger partial charge >= 0.3 is 0 Å². The Balaban J connectivity index is 1.74. The van der Waals surface area contributed by atoms with Crippen LogP contribution >= 0.6 is 0 Å². The fourth-order valence-electron chi connectivity index (χ4n) is 3.42. The molecular formula is C20H28N4. The van der Waals surface area contributed by atoms with Crippen LogP contribution in [0.15, 0.2) is 36.7 Å². The van der Waals surface area contributed by atoms with Crippen molar-refractivity contribution in [2.24, 2.45) is 5.92 Å². The molecule has 1 aliphatic rings. The number of hydrogen-bond acceptors (Lipinski definition) is 4. The molecule has 0 amide bonds. The van der Waals surface area contributed by atoms with Crippen LogP contribution in [-0.2, 0) is 13.1 Å². The maximum absolute atomic E-state index is 4.60. The van der Waals surface area contributed by atoms with E-state index in [1.165, 1.54) is 35.4 Å². The minimum Gasteiger partial charge on any atom is -0.316 e. The minimum absolute atomic E-state index is 0.715. The smallest absolute Gasteiger partial charge is 0.0573 e. The van der Waals surface area contributed by atoms with E-state index in [9.17, 15) is 0 Å². The average Bonchev–Trinajstić information content (AvgIpc) is 2.60. The van der Waals surface area contributed by atoms with Gasteiger partial charge in [-0.15, -0.1) is 0 Å². The topological polar surface area (TPSA) is 41.1 Å². The normalized spacial score (nSPS) is 18.0. The Hall–Kier alpha value is -1.78. The van der Waals surface area contributed by atoms with E-state index in [-0.39, 0.29) is 0 Å². The third-order valence-electron chi connectivity index (χ3n) is 4.90. The number of piperidine rings is 1. The number of aromatic nitrogens is 2. The molecule has 1 saturated heterocycles. The first kappa shape index (κ1) is 17.1. The molecule has 0 aliphatic carbocycles. The second-order valence-corrected chi connectivity index (χ2v) is 6.92. The van der Waals surface area contributed by atoms with E-state index in [0.29, 0.717) is 5.92 Å². The van der Waals surface area contributed by atoms with Gasteiger partial charge in [0.15, 0.2) is 0 Å². The van der Waals surface area contributed by atoms with Crippen LogP contribution in [-0.4, -0.2) is 34.5 Å². The lowest BCUT2D eigenvalue weighted by Gasteiger charge is -2.30. The molecule has 0 bridgehead atoms. The molecule has 0 aromatic carbocycles. The highest BCUT2D eigenvalue weighted by atomic mass is 15.1. The van der Waals surface area contributed by atoms with Crippen molar-refractivity contribution in [3.63, 3.8) is 0 Å². The van der Waals surface area contributed by atoms with E-state index < -0.39 is 0 Å². The van der Waals surface area contributed by atoms with Gasteiger partial charge in [0.05, 0.1) is 11.4 Å². The molecule has 0 spiro atoms. The molecule has 0 saturated carbocycles. The summed E-state index contributed by atoms with van der Waals surface area (Å²) in [6.45, 7) is 9.45. The van der Waals surface area contributed by atoms with Crippen LogP contribution in [0.4, 0.5) is 0 Å². The summed E-state index contributed by atoms with van der Waals surface area (Å²) in [5.74, 6) is 0.715. The minimum atomic E-state index is 0.715. The summed E-state index contributed by atoms with van der Waals surface area (Å²) in [7, 11) is 0. The first-order valence-corrected chi connectivity index (χ1v) is 8.96. The van der Waals surface area contributed by atoms with Gasteiger partial charge in [0, 0.05) is 32.0 Å². The van der Waals surface area contributed by atoms with Gasteiger partial charge in [-0.25, -0.2) is 0 Å². The van der Waals surface area contributed by atoms with E-state index in [2.05, 4.69) is 46.2 Å². The zero-order valence-electron chi connectivity index (χ0n) is 14.8. The Kier molecular flexibility index (Phi) is 5.94. The van der Waals surface area contributed by atoms with Gasteiger partial charge in [0.2, 0.25) is 0 Å². The molecule has 3 heterocycles. The van der Waals surface area contributed by atoms with E-state index >= 15 is 0 Å². The molecule has 2 aromatic rings. The number of nitrogens with zero attached hydrogens (tertiary/aromatic N) is 3. The van der Waals surface area contributed by atoms with Gasteiger partial charge in [-0.2, -0.15) is 0 Å². The van der Waals surface area contributed by atoms with Crippen molar-refractivity contribution in [1.29, 1.82) is 0 Å². The maximum atomic E-state index is 4.60. The molecule has 1 N–H and O–H groups in total. The Labute approximate surface area is 145 Å². The molecule has 1 fully saturated rings. The molecular weight excluding hydrogens is 296 g/mol. The maximum Gasteiger partial charge on any atom is 0.0573 e. The molecule has 1 atom stereocenters. The fraction of sp³-hybridized carbons (Fsp3) is 0.500.